The van der Waals surface area contributed by atoms with Crippen molar-refractivity contribution in [2.24, 2.45) is 0 Å². The Labute approximate surface area is 159 Å². The lowest BCUT2D eigenvalue weighted by Gasteiger charge is -2.40. The maximum absolute atomic E-state index is 13.4. The van der Waals surface area contributed by atoms with Crippen LogP contribution in [-0.2, 0) is 0 Å². The molecule has 0 saturated carbocycles. The van der Waals surface area contributed by atoms with Crippen molar-refractivity contribution in [1.29, 1.82) is 0 Å². The first-order valence-electron chi connectivity index (χ1n) is 9.19. The van der Waals surface area contributed by atoms with E-state index in [0.717, 1.165) is 18.7 Å². The van der Waals surface area contributed by atoms with Gasteiger partial charge in [-0.25, -0.2) is 0 Å². The van der Waals surface area contributed by atoms with Crippen LogP contribution in [0.3, 0.4) is 0 Å². The molecule has 1 saturated heterocycles. The first-order valence-corrected chi connectivity index (χ1v) is 9.19. The maximum atomic E-state index is 13.4. The highest BCUT2D eigenvalue weighted by molar-refractivity contribution is 5.96. The number of amides is 1. The van der Waals surface area contributed by atoms with E-state index in [2.05, 4.69) is 24.1 Å². The highest BCUT2D eigenvalue weighted by Crippen LogP contribution is 2.41. The molecule has 2 heterocycles. The van der Waals surface area contributed by atoms with Crippen LogP contribution in [0.15, 0.2) is 42.5 Å². The first-order chi connectivity index (χ1) is 13.2. The fourth-order valence-corrected chi connectivity index (χ4v) is 3.69. The van der Waals surface area contributed by atoms with E-state index in [4.69, 9.17) is 14.2 Å². The molecule has 2 aromatic rings. The number of hydrogen-bond donors (Lipinski definition) is 0. The molecule has 0 unspecified atom stereocenters. The van der Waals surface area contributed by atoms with E-state index in [1.165, 1.54) is 0 Å². The normalized spacial score (nSPS) is 19.6. The number of rotatable bonds is 3. The number of carbonyl (C=O) groups excluding carboxylic acids is 1. The zero-order valence-corrected chi connectivity index (χ0v) is 15.7. The minimum atomic E-state index is -0.0211. The van der Waals surface area contributed by atoms with Crippen molar-refractivity contribution in [3.05, 3.63) is 53.6 Å². The third-order valence-electron chi connectivity index (χ3n) is 5.10. The molecule has 1 atom stereocenters. The summed E-state index contributed by atoms with van der Waals surface area (Å²) in [5.41, 5.74) is 1.70. The van der Waals surface area contributed by atoms with Gasteiger partial charge in [0.15, 0.2) is 11.5 Å². The Hall–Kier alpha value is -2.73. The first kappa shape index (κ1) is 17.7. The molecule has 0 spiro atoms. The highest BCUT2D eigenvalue weighted by atomic mass is 16.6. The minimum absolute atomic E-state index is 0.0108. The predicted octanol–water partition coefficient (Wildman–Crippen LogP) is 2.60. The third kappa shape index (κ3) is 3.45. The molecule has 6 heteroatoms. The van der Waals surface area contributed by atoms with Crippen molar-refractivity contribution >= 4 is 5.91 Å². The zero-order chi connectivity index (χ0) is 18.8. The van der Waals surface area contributed by atoms with Crippen LogP contribution in [0.5, 0.6) is 17.2 Å². The molecule has 4 rings (SSSR count). The second-order valence-corrected chi connectivity index (χ2v) is 6.89. The summed E-state index contributed by atoms with van der Waals surface area (Å²) in [6, 6.07) is 13.7. The summed E-state index contributed by atoms with van der Waals surface area (Å²) in [5, 5.41) is 0. The smallest absolute Gasteiger partial charge is 0.254 e. The van der Waals surface area contributed by atoms with Gasteiger partial charge in [-0.15, -0.1) is 0 Å². The standard InChI is InChI=1S/C21H24N2O4/c1-22-8-9-23(17(14-22)15-6-4-3-5-7-15)21(24)16-12-18(25-2)20-19(13-16)26-10-11-27-20/h3-7,12-13,17H,8-11,14H2,1-2H3/t17-/m0/s1. The molecule has 2 aliphatic heterocycles. The second kappa shape index (κ2) is 7.48. The van der Waals surface area contributed by atoms with Gasteiger partial charge in [0.25, 0.3) is 5.91 Å². The van der Waals surface area contributed by atoms with Crippen LogP contribution in [-0.4, -0.2) is 62.7 Å². The average molecular weight is 368 g/mol. The number of piperazine rings is 1. The minimum Gasteiger partial charge on any atom is -0.493 e. The molecule has 2 aliphatic rings. The van der Waals surface area contributed by atoms with E-state index in [1.54, 1.807) is 19.2 Å². The molecule has 0 radical (unpaired) electrons. The average Bonchev–Trinajstić information content (AvgIpc) is 2.73. The zero-order valence-electron chi connectivity index (χ0n) is 15.7. The van der Waals surface area contributed by atoms with Gasteiger partial charge < -0.3 is 24.0 Å². The van der Waals surface area contributed by atoms with Gasteiger partial charge in [0.1, 0.15) is 13.2 Å². The fourth-order valence-electron chi connectivity index (χ4n) is 3.69. The van der Waals surface area contributed by atoms with Crippen molar-refractivity contribution in [2.75, 3.05) is 47.0 Å². The second-order valence-electron chi connectivity index (χ2n) is 6.89. The van der Waals surface area contributed by atoms with E-state index < -0.39 is 0 Å². The van der Waals surface area contributed by atoms with Gasteiger partial charge in [-0.2, -0.15) is 0 Å². The number of hydrogen-bond acceptors (Lipinski definition) is 5. The summed E-state index contributed by atoms with van der Waals surface area (Å²) in [6.45, 7) is 3.26. The number of nitrogens with zero attached hydrogens (tertiary/aromatic N) is 2. The number of ether oxygens (including phenoxy) is 3. The molecular weight excluding hydrogens is 344 g/mol. The van der Waals surface area contributed by atoms with Crippen LogP contribution in [0, 0.1) is 0 Å². The van der Waals surface area contributed by atoms with Crippen LogP contribution < -0.4 is 14.2 Å². The van der Waals surface area contributed by atoms with Gasteiger partial charge in [0.05, 0.1) is 13.2 Å². The molecule has 2 aromatic carbocycles. The van der Waals surface area contributed by atoms with Gasteiger partial charge in [-0.1, -0.05) is 30.3 Å². The molecule has 1 fully saturated rings. The van der Waals surface area contributed by atoms with E-state index in [1.807, 2.05) is 23.1 Å². The van der Waals surface area contributed by atoms with Crippen molar-refractivity contribution in [2.45, 2.75) is 6.04 Å². The quantitative estimate of drug-likeness (QED) is 0.834. The molecule has 142 valence electrons. The number of benzene rings is 2. The highest BCUT2D eigenvalue weighted by Gasteiger charge is 2.32. The summed E-state index contributed by atoms with van der Waals surface area (Å²) in [4.78, 5) is 17.6. The van der Waals surface area contributed by atoms with Crippen molar-refractivity contribution in [3.63, 3.8) is 0 Å². The van der Waals surface area contributed by atoms with Gasteiger partial charge in [-0.3, -0.25) is 4.79 Å². The summed E-state index contributed by atoms with van der Waals surface area (Å²) in [5.74, 6) is 1.64. The number of fused-ring (bicyclic) bond motifs is 1. The Balaban J connectivity index is 1.68. The maximum Gasteiger partial charge on any atom is 0.254 e. The summed E-state index contributed by atoms with van der Waals surface area (Å²) in [7, 11) is 3.66. The van der Waals surface area contributed by atoms with Gasteiger partial charge in [0.2, 0.25) is 5.75 Å². The van der Waals surface area contributed by atoms with Crippen molar-refractivity contribution < 1.29 is 19.0 Å². The summed E-state index contributed by atoms with van der Waals surface area (Å²) < 4.78 is 16.8. The van der Waals surface area contributed by atoms with Crippen LogP contribution in [0.4, 0.5) is 0 Å². The van der Waals surface area contributed by atoms with E-state index in [0.29, 0.717) is 42.6 Å². The van der Waals surface area contributed by atoms with Gasteiger partial charge >= 0.3 is 0 Å². The van der Waals surface area contributed by atoms with Crippen LogP contribution in [0.25, 0.3) is 0 Å². The monoisotopic (exact) mass is 368 g/mol. The SMILES string of the molecule is COc1cc(C(=O)N2CCN(C)C[C@H]2c2ccccc2)cc2c1OCCO2. The topological polar surface area (TPSA) is 51.2 Å². The molecule has 0 N–H and O–H groups in total. The summed E-state index contributed by atoms with van der Waals surface area (Å²) in [6.07, 6.45) is 0. The van der Waals surface area contributed by atoms with Crippen LogP contribution in [0.1, 0.15) is 22.0 Å². The van der Waals surface area contributed by atoms with Crippen LogP contribution in [0.2, 0.25) is 0 Å². The van der Waals surface area contributed by atoms with Crippen molar-refractivity contribution in [1.82, 2.24) is 9.80 Å². The Morgan fingerprint density at radius 1 is 1.11 bits per heavy atom. The predicted molar refractivity (Wildman–Crippen MR) is 102 cm³/mol. The van der Waals surface area contributed by atoms with Gasteiger partial charge in [-0.05, 0) is 24.7 Å². The Kier molecular flexibility index (Phi) is 4.90. The lowest BCUT2D eigenvalue weighted by molar-refractivity contribution is 0.0496. The molecule has 0 aliphatic carbocycles. The molecule has 27 heavy (non-hydrogen) atoms. The summed E-state index contributed by atoms with van der Waals surface area (Å²) >= 11 is 0. The van der Waals surface area contributed by atoms with E-state index in [9.17, 15) is 4.79 Å². The third-order valence-corrected chi connectivity index (χ3v) is 5.10. The molecule has 6 nitrogen and oxygen atoms in total. The Morgan fingerprint density at radius 2 is 1.89 bits per heavy atom. The van der Waals surface area contributed by atoms with E-state index >= 15 is 0 Å². The Morgan fingerprint density at radius 3 is 2.67 bits per heavy atom. The lowest BCUT2D eigenvalue weighted by Crippen LogP contribution is -2.49. The lowest BCUT2D eigenvalue weighted by atomic mass is 10.0. The fraction of sp³-hybridized carbons (Fsp3) is 0.381. The van der Waals surface area contributed by atoms with Gasteiger partial charge in [0, 0.05) is 25.2 Å². The molecular formula is C21H24N2O4. The molecule has 1 amide bonds. The molecule has 0 aromatic heterocycles. The van der Waals surface area contributed by atoms with Crippen LogP contribution >= 0.6 is 0 Å². The van der Waals surface area contributed by atoms with E-state index in [-0.39, 0.29) is 11.9 Å². The largest absolute Gasteiger partial charge is 0.493 e. The number of methoxy groups -OCH3 is 1. The Bertz CT molecular complexity index is 807. The molecule has 0 bridgehead atoms. The number of likely N-dealkylation sites (N-methyl/N-ethyl adjacent to an activating group) is 1. The van der Waals surface area contributed by atoms with Crippen molar-refractivity contribution in [3.8, 4) is 17.2 Å². The number of carbonyl (C=O) groups is 1.